The van der Waals surface area contributed by atoms with Crippen LogP contribution in [-0.2, 0) is 4.79 Å². The van der Waals surface area contributed by atoms with Gasteiger partial charge in [0.2, 0.25) is 5.91 Å². The summed E-state index contributed by atoms with van der Waals surface area (Å²) in [6.45, 7) is 6.39. The standard InChI is InChI=1S/C21H30N4O2/c1-2-27-19-9-5-4-8-18(19)25-14-12-24(13-15-25)16-20(26)23-21(17-22)10-6-3-7-11-21/h4-5,8-9H,2-3,6-7,10-16H2,1H3,(H,23,26). The molecule has 1 saturated heterocycles. The summed E-state index contributed by atoms with van der Waals surface area (Å²) in [6, 6.07) is 10.5. The minimum Gasteiger partial charge on any atom is -0.492 e. The first-order valence-corrected chi connectivity index (χ1v) is 10.1. The molecule has 1 amide bonds. The van der Waals surface area contributed by atoms with Gasteiger partial charge in [0.25, 0.3) is 0 Å². The maximum absolute atomic E-state index is 12.5. The summed E-state index contributed by atoms with van der Waals surface area (Å²) < 4.78 is 5.74. The van der Waals surface area contributed by atoms with Gasteiger partial charge in [0.05, 0.1) is 24.9 Å². The zero-order valence-electron chi connectivity index (χ0n) is 16.2. The maximum atomic E-state index is 12.5. The Morgan fingerprint density at radius 2 is 1.89 bits per heavy atom. The predicted octanol–water partition coefficient (Wildman–Crippen LogP) is 2.55. The molecular formula is C21H30N4O2. The number of nitriles is 1. The van der Waals surface area contributed by atoms with Crippen molar-refractivity contribution >= 4 is 11.6 Å². The second-order valence-electron chi connectivity index (χ2n) is 7.47. The van der Waals surface area contributed by atoms with Crippen LogP contribution >= 0.6 is 0 Å². The summed E-state index contributed by atoms with van der Waals surface area (Å²) in [4.78, 5) is 17.0. The molecule has 1 aromatic carbocycles. The van der Waals surface area contributed by atoms with Gasteiger partial charge in [-0.25, -0.2) is 0 Å². The van der Waals surface area contributed by atoms with E-state index in [1.807, 2.05) is 25.1 Å². The number of nitrogens with one attached hydrogen (secondary N) is 1. The highest BCUT2D eigenvalue weighted by Gasteiger charge is 2.34. The number of nitrogens with zero attached hydrogens (tertiary/aromatic N) is 3. The summed E-state index contributed by atoms with van der Waals surface area (Å²) in [7, 11) is 0. The number of carbonyl (C=O) groups is 1. The van der Waals surface area contributed by atoms with Crippen molar-refractivity contribution in [3.8, 4) is 11.8 Å². The topological polar surface area (TPSA) is 68.6 Å². The average Bonchev–Trinajstić information content (AvgIpc) is 2.70. The molecule has 6 heteroatoms. The fourth-order valence-electron chi connectivity index (χ4n) is 4.07. The van der Waals surface area contributed by atoms with Crippen LogP contribution in [0.25, 0.3) is 0 Å². The summed E-state index contributed by atoms with van der Waals surface area (Å²) in [5, 5.41) is 12.6. The van der Waals surface area contributed by atoms with Crippen LogP contribution in [0.15, 0.2) is 24.3 Å². The fourth-order valence-corrected chi connectivity index (χ4v) is 4.07. The summed E-state index contributed by atoms with van der Waals surface area (Å²) in [5.41, 5.74) is 0.474. The largest absolute Gasteiger partial charge is 0.492 e. The number of anilines is 1. The first-order valence-electron chi connectivity index (χ1n) is 10.1. The lowest BCUT2D eigenvalue weighted by molar-refractivity contribution is -0.124. The van der Waals surface area contributed by atoms with E-state index in [0.29, 0.717) is 13.2 Å². The third kappa shape index (κ3) is 4.92. The Balaban J connectivity index is 1.51. The molecular weight excluding hydrogens is 340 g/mol. The molecule has 0 radical (unpaired) electrons. The molecule has 1 aromatic rings. The van der Waals surface area contributed by atoms with E-state index in [4.69, 9.17) is 4.74 Å². The van der Waals surface area contributed by atoms with Gasteiger partial charge in [-0.3, -0.25) is 9.69 Å². The van der Waals surface area contributed by atoms with Gasteiger partial charge in [-0.05, 0) is 31.9 Å². The third-order valence-electron chi connectivity index (χ3n) is 5.55. The number of carbonyl (C=O) groups excluding carboxylic acids is 1. The number of ether oxygens (including phenoxy) is 1. The van der Waals surface area contributed by atoms with E-state index in [0.717, 1.165) is 69.7 Å². The SMILES string of the molecule is CCOc1ccccc1N1CCN(CC(=O)NC2(C#N)CCCCC2)CC1. The first kappa shape index (κ1) is 19.5. The number of hydrogen-bond acceptors (Lipinski definition) is 5. The van der Waals surface area contributed by atoms with Crippen molar-refractivity contribution in [1.82, 2.24) is 10.2 Å². The Morgan fingerprint density at radius 3 is 2.56 bits per heavy atom. The first-order chi connectivity index (χ1) is 13.2. The Kier molecular flexibility index (Phi) is 6.57. The highest BCUT2D eigenvalue weighted by Crippen LogP contribution is 2.29. The molecule has 2 fully saturated rings. The number of para-hydroxylation sites is 2. The fraction of sp³-hybridized carbons (Fsp3) is 0.619. The lowest BCUT2D eigenvalue weighted by Gasteiger charge is -2.37. The van der Waals surface area contributed by atoms with Crippen LogP contribution in [0, 0.1) is 11.3 Å². The smallest absolute Gasteiger partial charge is 0.235 e. The van der Waals surface area contributed by atoms with Gasteiger partial charge in [0.15, 0.2) is 0 Å². The van der Waals surface area contributed by atoms with Crippen LogP contribution in [0.1, 0.15) is 39.0 Å². The van der Waals surface area contributed by atoms with Gasteiger partial charge in [0, 0.05) is 26.2 Å². The Hall–Kier alpha value is -2.26. The van der Waals surface area contributed by atoms with Crippen molar-refractivity contribution < 1.29 is 9.53 Å². The Bertz CT molecular complexity index is 671. The molecule has 1 aliphatic heterocycles. The second kappa shape index (κ2) is 9.09. The predicted molar refractivity (Wildman–Crippen MR) is 106 cm³/mol. The van der Waals surface area contributed by atoms with Crippen molar-refractivity contribution in [3.63, 3.8) is 0 Å². The monoisotopic (exact) mass is 370 g/mol. The molecule has 1 saturated carbocycles. The molecule has 0 aromatic heterocycles. The summed E-state index contributed by atoms with van der Waals surface area (Å²) in [6.07, 6.45) is 4.75. The van der Waals surface area contributed by atoms with E-state index in [-0.39, 0.29) is 5.91 Å². The van der Waals surface area contributed by atoms with Gasteiger partial charge >= 0.3 is 0 Å². The van der Waals surface area contributed by atoms with Crippen molar-refractivity contribution in [2.24, 2.45) is 0 Å². The third-order valence-corrected chi connectivity index (χ3v) is 5.55. The van der Waals surface area contributed by atoms with Gasteiger partial charge in [-0.1, -0.05) is 31.4 Å². The van der Waals surface area contributed by atoms with Gasteiger partial charge < -0.3 is 15.0 Å². The van der Waals surface area contributed by atoms with Gasteiger partial charge in [-0.2, -0.15) is 5.26 Å². The molecule has 6 nitrogen and oxygen atoms in total. The van der Waals surface area contributed by atoms with Crippen LogP contribution in [0.5, 0.6) is 5.75 Å². The molecule has 2 aliphatic rings. The van der Waals surface area contributed by atoms with Crippen LogP contribution in [0.2, 0.25) is 0 Å². The normalized spacial score (nSPS) is 19.9. The van der Waals surface area contributed by atoms with Gasteiger partial charge in [-0.15, -0.1) is 0 Å². The zero-order valence-corrected chi connectivity index (χ0v) is 16.2. The minimum atomic E-state index is -0.645. The minimum absolute atomic E-state index is 0.0263. The Labute approximate surface area is 162 Å². The van der Waals surface area contributed by atoms with E-state index in [1.165, 1.54) is 0 Å². The van der Waals surface area contributed by atoms with Crippen LogP contribution < -0.4 is 15.0 Å². The molecule has 0 spiro atoms. The molecule has 1 N–H and O–H groups in total. The molecule has 27 heavy (non-hydrogen) atoms. The quantitative estimate of drug-likeness (QED) is 0.833. The van der Waals surface area contributed by atoms with E-state index in [9.17, 15) is 10.1 Å². The van der Waals surface area contributed by atoms with Crippen molar-refractivity contribution in [1.29, 1.82) is 5.26 Å². The Morgan fingerprint density at radius 1 is 1.19 bits per heavy atom. The van der Waals surface area contributed by atoms with Crippen molar-refractivity contribution in [2.45, 2.75) is 44.6 Å². The second-order valence-corrected chi connectivity index (χ2v) is 7.47. The molecule has 146 valence electrons. The molecule has 0 unspecified atom stereocenters. The average molecular weight is 370 g/mol. The maximum Gasteiger partial charge on any atom is 0.235 e. The van der Waals surface area contributed by atoms with Crippen LogP contribution in [0.4, 0.5) is 5.69 Å². The number of piperazine rings is 1. The van der Waals surface area contributed by atoms with Crippen LogP contribution in [-0.4, -0.2) is 55.7 Å². The lowest BCUT2D eigenvalue weighted by atomic mass is 9.83. The molecule has 0 bridgehead atoms. The van der Waals surface area contributed by atoms with Crippen LogP contribution in [0.3, 0.4) is 0 Å². The highest BCUT2D eigenvalue weighted by atomic mass is 16.5. The number of rotatable bonds is 6. The molecule has 3 rings (SSSR count). The molecule has 1 aliphatic carbocycles. The number of amides is 1. The van der Waals surface area contributed by atoms with E-state index < -0.39 is 5.54 Å². The summed E-state index contributed by atoms with van der Waals surface area (Å²) >= 11 is 0. The van der Waals surface area contributed by atoms with E-state index in [2.05, 4.69) is 27.3 Å². The van der Waals surface area contributed by atoms with Crippen molar-refractivity contribution in [2.75, 3.05) is 44.2 Å². The lowest BCUT2D eigenvalue weighted by Crippen LogP contribution is -2.54. The zero-order chi connectivity index (χ0) is 19.1. The van der Waals surface area contributed by atoms with Crippen molar-refractivity contribution in [3.05, 3.63) is 24.3 Å². The number of hydrogen-bond donors (Lipinski definition) is 1. The van der Waals surface area contributed by atoms with Gasteiger partial charge in [0.1, 0.15) is 11.3 Å². The highest BCUT2D eigenvalue weighted by molar-refractivity contribution is 5.79. The molecule has 1 heterocycles. The summed E-state index contributed by atoms with van der Waals surface area (Å²) in [5.74, 6) is 0.890. The molecule has 0 atom stereocenters. The number of benzene rings is 1. The van der Waals surface area contributed by atoms with E-state index >= 15 is 0 Å². The van der Waals surface area contributed by atoms with E-state index in [1.54, 1.807) is 0 Å².